The monoisotopic (exact) mass is 538 g/mol. The molecule has 0 radical (unpaired) electrons. The summed E-state index contributed by atoms with van der Waals surface area (Å²) in [6.07, 6.45) is 0. The largest absolute Gasteiger partial charge is 0.507 e. The summed E-state index contributed by atoms with van der Waals surface area (Å²) >= 11 is 9.59. The molecule has 3 aromatic carbocycles. The van der Waals surface area contributed by atoms with Crippen molar-refractivity contribution in [2.24, 2.45) is 0 Å². The van der Waals surface area contributed by atoms with Gasteiger partial charge in [0, 0.05) is 47.9 Å². The molecule has 1 aliphatic heterocycles. The van der Waals surface area contributed by atoms with Gasteiger partial charge in [-0.05, 0) is 55.0 Å². The Morgan fingerprint density at radius 1 is 1.03 bits per heavy atom. The van der Waals surface area contributed by atoms with Gasteiger partial charge < -0.3 is 14.4 Å². The number of fused-ring (bicyclic) bond motifs is 1. The molecule has 5 nitrogen and oxygen atoms in total. The van der Waals surface area contributed by atoms with Crippen LogP contribution in [0.4, 0.5) is 5.69 Å². The van der Waals surface area contributed by atoms with E-state index in [1.807, 2.05) is 42.5 Å². The zero-order chi connectivity index (χ0) is 23.8. The molecular weight excluding hydrogens is 516 g/mol. The van der Waals surface area contributed by atoms with Crippen molar-refractivity contribution in [2.45, 2.75) is 13.5 Å². The van der Waals surface area contributed by atoms with Gasteiger partial charge in [0.2, 0.25) is 5.43 Å². The minimum Gasteiger partial charge on any atom is -0.507 e. The summed E-state index contributed by atoms with van der Waals surface area (Å²) in [5.41, 5.74) is 3.49. The molecule has 0 spiro atoms. The van der Waals surface area contributed by atoms with E-state index in [0.29, 0.717) is 34.4 Å². The average molecular weight is 540 g/mol. The van der Waals surface area contributed by atoms with Crippen molar-refractivity contribution in [2.75, 3.05) is 31.1 Å². The lowest BCUT2D eigenvalue weighted by molar-refractivity contribution is 0.246. The first kappa shape index (κ1) is 23.0. The van der Waals surface area contributed by atoms with Crippen LogP contribution in [0, 0.1) is 6.92 Å². The first-order chi connectivity index (χ1) is 16.4. The van der Waals surface area contributed by atoms with E-state index in [1.54, 1.807) is 19.1 Å². The van der Waals surface area contributed by atoms with Crippen LogP contribution in [0.5, 0.6) is 5.75 Å². The Bertz CT molecular complexity index is 1410. The number of hydrogen-bond donors (Lipinski definition) is 1. The Labute approximate surface area is 211 Å². The number of benzene rings is 3. The molecule has 1 saturated heterocycles. The summed E-state index contributed by atoms with van der Waals surface area (Å²) in [5.74, 6) is 0.682. The second kappa shape index (κ2) is 9.45. The molecule has 174 valence electrons. The van der Waals surface area contributed by atoms with E-state index in [4.69, 9.17) is 16.0 Å². The number of anilines is 1. The number of phenolic OH excluding ortho intramolecular Hbond substituents is 1. The lowest BCUT2D eigenvalue weighted by atomic mass is 10.0. The summed E-state index contributed by atoms with van der Waals surface area (Å²) in [6, 6.07) is 18.7. The van der Waals surface area contributed by atoms with E-state index < -0.39 is 0 Å². The molecule has 1 fully saturated rings. The molecule has 0 aliphatic carbocycles. The second-order valence-electron chi connectivity index (χ2n) is 8.55. The van der Waals surface area contributed by atoms with Gasteiger partial charge >= 0.3 is 0 Å². The molecule has 34 heavy (non-hydrogen) atoms. The predicted octanol–water partition coefficient (Wildman–Crippen LogP) is 6.21. The number of rotatable bonds is 4. The fourth-order valence-corrected chi connectivity index (χ4v) is 5.02. The molecule has 7 heteroatoms. The van der Waals surface area contributed by atoms with E-state index in [1.165, 1.54) is 0 Å². The summed E-state index contributed by atoms with van der Waals surface area (Å²) in [6.45, 7) is 5.65. The summed E-state index contributed by atoms with van der Waals surface area (Å²) in [5, 5.41) is 11.9. The standard InChI is InChI=1S/C27H24BrClN2O3/c1-17-25(18-5-7-19(28)8-6-18)26(33)22-9-10-24(32)23(27(22)34-17)16-30-11-13-31(14-12-30)21-4-2-3-20(29)15-21/h2-10,15,32H,11-14,16H2,1H3. The van der Waals surface area contributed by atoms with Gasteiger partial charge in [0.05, 0.1) is 16.5 Å². The molecule has 0 unspecified atom stereocenters. The highest BCUT2D eigenvalue weighted by molar-refractivity contribution is 9.10. The number of hydrogen-bond acceptors (Lipinski definition) is 5. The molecule has 5 rings (SSSR count). The van der Waals surface area contributed by atoms with Gasteiger partial charge in [-0.1, -0.05) is 45.7 Å². The second-order valence-corrected chi connectivity index (χ2v) is 9.90. The Hall–Kier alpha value is -2.80. The highest BCUT2D eigenvalue weighted by Gasteiger charge is 2.22. The van der Waals surface area contributed by atoms with Gasteiger partial charge in [0.1, 0.15) is 17.1 Å². The lowest BCUT2D eigenvalue weighted by Crippen LogP contribution is -2.46. The number of aromatic hydroxyl groups is 1. The van der Waals surface area contributed by atoms with Crippen molar-refractivity contribution < 1.29 is 9.52 Å². The Kier molecular flexibility index (Phi) is 6.38. The number of aryl methyl sites for hydroxylation is 1. The molecule has 1 aromatic heterocycles. The van der Waals surface area contributed by atoms with Crippen molar-refractivity contribution in [3.63, 3.8) is 0 Å². The Morgan fingerprint density at radius 2 is 1.76 bits per heavy atom. The van der Waals surface area contributed by atoms with Gasteiger partial charge in [-0.2, -0.15) is 0 Å². The van der Waals surface area contributed by atoms with E-state index in [-0.39, 0.29) is 11.2 Å². The highest BCUT2D eigenvalue weighted by atomic mass is 79.9. The molecule has 0 bridgehead atoms. The molecule has 0 atom stereocenters. The van der Waals surface area contributed by atoms with E-state index >= 15 is 0 Å². The normalized spacial score (nSPS) is 14.6. The van der Waals surface area contributed by atoms with Crippen LogP contribution >= 0.6 is 27.5 Å². The molecule has 1 aliphatic rings. The average Bonchev–Trinajstić information content (AvgIpc) is 2.83. The maximum absolute atomic E-state index is 13.4. The Morgan fingerprint density at radius 3 is 2.47 bits per heavy atom. The van der Waals surface area contributed by atoms with Crippen LogP contribution in [0.25, 0.3) is 22.1 Å². The van der Waals surface area contributed by atoms with Crippen molar-refractivity contribution in [1.82, 2.24) is 4.90 Å². The zero-order valence-corrected chi connectivity index (χ0v) is 21.1. The number of nitrogens with zero attached hydrogens (tertiary/aromatic N) is 2. The minimum atomic E-state index is -0.0897. The topological polar surface area (TPSA) is 56.9 Å². The van der Waals surface area contributed by atoms with Crippen LogP contribution in [0.3, 0.4) is 0 Å². The first-order valence-corrected chi connectivity index (χ1v) is 12.3. The number of piperazine rings is 1. The van der Waals surface area contributed by atoms with Crippen molar-refractivity contribution in [3.05, 3.63) is 91.7 Å². The van der Waals surface area contributed by atoms with Crippen molar-refractivity contribution in [1.29, 1.82) is 0 Å². The molecule has 0 saturated carbocycles. The van der Waals surface area contributed by atoms with E-state index in [0.717, 1.165) is 46.9 Å². The minimum absolute atomic E-state index is 0.0897. The molecule has 2 heterocycles. The van der Waals surface area contributed by atoms with E-state index in [9.17, 15) is 9.90 Å². The van der Waals surface area contributed by atoms with Gasteiger partial charge in [0.25, 0.3) is 0 Å². The van der Waals surface area contributed by atoms with Crippen LogP contribution in [0.1, 0.15) is 11.3 Å². The predicted molar refractivity (Wildman–Crippen MR) is 141 cm³/mol. The summed E-state index contributed by atoms with van der Waals surface area (Å²) in [7, 11) is 0. The maximum atomic E-state index is 13.4. The third-order valence-electron chi connectivity index (χ3n) is 6.37. The van der Waals surface area contributed by atoms with Gasteiger partial charge in [-0.3, -0.25) is 9.69 Å². The van der Waals surface area contributed by atoms with Crippen LogP contribution in [-0.2, 0) is 6.54 Å². The fourth-order valence-electron chi connectivity index (χ4n) is 4.58. The van der Waals surface area contributed by atoms with Crippen LogP contribution in [0.15, 0.2) is 74.3 Å². The molecule has 1 N–H and O–H groups in total. The van der Waals surface area contributed by atoms with Gasteiger partial charge in [0.15, 0.2) is 0 Å². The summed E-state index contributed by atoms with van der Waals surface area (Å²) in [4.78, 5) is 18.0. The number of phenols is 1. The van der Waals surface area contributed by atoms with Gasteiger partial charge in [-0.15, -0.1) is 0 Å². The van der Waals surface area contributed by atoms with Gasteiger partial charge in [-0.25, -0.2) is 0 Å². The third kappa shape index (κ3) is 4.45. The molecule has 4 aromatic rings. The molecular formula is C27H24BrClN2O3. The van der Waals surface area contributed by atoms with Crippen LogP contribution in [0.2, 0.25) is 5.02 Å². The maximum Gasteiger partial charge on any atom is 0.200 e. The summed E-state index contributed by atoms with van der Waals surface area (Å²) < 4.78 is 7.14. The fraction of sp³-hybridized carbons (Fsp3) is 0.222. The van der Waals surface area contributed by atoms with Crippen LogP contribution < -0.4 is 10.3 Å². The quantitative estimate of drug-likeness (QED) is 0.334. The lowest BCUT2D eigenvalue weighted by Gasteiger charge is -2.36. The van der Waals surface area contributed by atoms with Crippen molar-refractivity contribution >= 4 is 44.2 Å². The van der Waals surface area contributed by atoms with Crippen LogP contribution in [-0.4, -0.2) is 36.2 Å². The zero-order valence-electron chi connectivity index (χ0n) is 18.7. The van der Waals surface area contributed by atoms with Crippen molar-refractivity contribution in [3.8, 4) is 16.9 Å². The Balaban J connectivity index is 1.43. The SMILES string of the molecule is Cc1oc2c(CN3CCN(c4cccc(Cl)c4)CC3)c(O)ccc2c(=O)c1-c1ccc(Br)cc1. The molecule has 0 amide bonds. The highest BCUT2D eigenvalue weighted by Crippen LogP contribution is 2.32. The number of halogens is 2. The smallest absolute Gasteiger partial charge is 0.200 e. The van der Waals surface area contributed by atoms with E-state index in [2.05, 4.69) is 31.8 Å². The first-order valence-electron chi connectivity index (χ1n) is 11.2. The third-order valence-corrected chi connectivity index (χ3v) is 7.14.